The molecule has 0 aromatic heterocycles. The second kappa shape index (κ2) is 9.01. The van der Waals surface area contributed by atoms with Crippen LogP contribution < -0.4 is 15.8 Å². The average Bonchev–Trinajstić information content (AvgIpc) is 2.52. The van der Waals surface area contributed by atoms with Crippen LogP contribution in [0.15, 0.2) is 23.1 Å². The highest BCUT2D eigenvalue weighted by Gasteiger charge is 2.26. The fraction of sp³-hybridized carbons (Fsp3) is 0.533. The highest BCUT2D eigenvalue weighted by molar-refractivity contribution is 7.89. The van der Waals surface area contributed by atoms with Crippen molar-refractivity contribution in [1.82, 2.24) is 10.0 Å². The number of rotatable bonds is 9. The summed E-state index contributed by atoms with van der Waals surface area (Å²) in [5.41, 5.74) is 5.27. The van der Waals surface area contributed by atoms with Crippen LogP contribution in [0.3, 0.4) is 0 Å². The van der Waals surface area contributed by atoms with Crippen molar-refractivity contribution in [3.05, 3.63) is 28.2 Å². The van der Waals surface area contributed by atoms with Gasteiger partial charge in [0.05, 0.1) is 15.6 Å². The van der Waals surface area contributed by atoms with Crippen molar-refractivity contribution < 1.29 is 13.2 Å². The number of halogens is 2. The molecule has 4 N–H and O–H groups in total. The zero-order valence-electron chi connectivity index (χ0n) is 13.7. The highest BCUT2D eigenvalue weighted by Crippen LogP contribution is 2.28. The molecule has 0 fully saturated rings. The van der Waals surface area contributed by atoms with Gasteiger partial charge in [0.1, 0.15) is 4.90 Å². The smallest absolute Gasteiger partial charge is 0.243 e. The zero-order valence-corrected chi connectivity index (χ0v) is 16.1. The van der Waals surface area contributed by atoms with E-state index in [-0.39, 0.29) is 33.8 Å². The van der Waals surface area contributed by atoms with Gasteiger partial charge in [-0.3, -0.25) is 4.79 Å². The normalized spacial score (nSPS) is 12.2. The Labute approximate surface area is 153 Å². The minimum Gasteiger partial charge on any atom is -0.349 e. The predicted octanol–water partition coefficient (Wildman–Crippen LogP) is 2.30. The highest BCUT2D eigenvalue weighted by atomic mass is 35.5. The topological polar surface area (TPSA) is 101 Å². The van der Waals surface area contributed by atoms with Crippen molar-refractivity contribution in [2.24, 2.45) is 5.73 Å². The van der Waals surface area contributed by atoms with Gasteiger partial charge in [0.25, 0.3) is 0 Å². The second-order valence-electron chi connectivity index (χ2n) is 5.44. The van der Waals surface area contributed by atoms with Crippen LogP contribution in [0, 0.1) is 0 Å². The lowest BCUT2D eigenvalue weighted by molar-refractivity contribution is -0.122. The van der Waals surface area contributed by atoms with Crippen LogP contribution >= 0.6 is 23.2 Å². The summed E-state index contributed by atoms with van der Waals surface area (Å²) >= 11 is 11.8. The predicted molar refractivity (Wildman–Crippen MR) is 96.8 cm³/mol. The summed E-state index contributed by atoms with van der Waals surface area (Å²) in [6, 6.07) is 4.43. The van der Waals surface area contributed by atoms with E-state index in [1.165, 1.54) is 12.1 Å². The van der Waals surface area contributed by atoms with Crippen LogP contribution in [0.5, 0.6) is 0 Å². The number of nitrogens with two attached hydrogens (primary N) is 1. The molecule has 0 radical (unpaired) electrons. The first-order valence-corrected chi connectivity index (χ1v) is 9.90. The second-order valence-corrected chi connectivity index (χ2v) is 7.96. The van der Waals surface area contributed by atoms with Crippen LogP contribution in [0.25, 0.3) is 0 Å². The Hall–Kier alpha value is -0.860. The molecule has 6 nitrogen and oxygen atoms in total. The standard InChI is InChI=1S/C15H23Cl2N3O3S/c1-3-15(4-2,10-18)20-13(21)8-9-19-24(22,23)14-11(16)6-5-7-12(14)17/h5-7,19H,3-4,8-10,18H2,1-2H3,(H,20,21). The van der Waals surface area contributed by atoms with Crippen LogP contribution in [0.2, 0.25) is 10.0 Å². The van der Waals surface area contributed by atoms with E-state index >= 15 is 0 Å². The number of sulfonamides is 1. The number of carbonyl (C=O) groups is 1. The summed E-state index contributed by atoms with van der Waals surface area (Å²) in [5, 5.41) is 2.93. The molecule has 24 heavy (non-hydrogen) atoms. The van der Waals surface area contributed by atoms with Gasteiger partial charge in [0, 0.05) is 19.5 Å². The summed E-state index contributed by atoms with van der Waals surface area (Å²) in [5.74, 6) is -0.267. The van der Waals surface area contributed by atoms with E-state index in [4.69, 9.17) is 28.9 Å². The molecule has 0 saturated heterocycles. The molecule has 0 aliphatic carbocycles. The third-order valence-electron chi connectivity index (χ3n) is 3.98. The van der Waals surface area contributed by atoms with Gasteiger partial charge in [-0.05, 0) is 25.0 Å². The molecule has 1 amide bonds. The third kappa shape index (κ3) is 5.32. The first-order valence-electron chi connectivity index (χ1n) is 7.66. The van der Waals surface area contributed by atoms with E-state index < -0.39 is 15.6 Å². The van der Waals surface area contributed by atoms with Crippen LogP contribution in [0.1, 0.15) is 33.1 Å². The monoisotopic (exact) mass is 395 g/mol. The number of hydrogen-bond donors (Lipinski definition) is 3. The Balaban J connectivity index is 2.68. The minimum atomic E-state index is -3.90. The van der Waals surface area contributed by atoms with Gasteiger partial charge in [-0.2, -0.15) is 0 Å². The van der Waals surface area contributed by atoms with E-state index in [2.05, 4.69) is 10.0 Å². The summed E-state index contributed by atoms with van der Waals surface area (Å²) < 4.78 is 26.9. The maximum atomic E-state index is 12.3. The van der Waals surface area contributed by atoms with E-state index in [9.17, 15) is 13.2 Å². The molecule has 1 rings (SSSR count). The maximum absolute atomic E-state index is 12.3. The molecule has 0 heterocycles. The van der Waals surface area contributed by atoms with Gasteiger partial charge in [0.15, 0.2) is 0 Å². The van der Waals surface area contributed by atoms with Gasteiger partial charge in [0.2, 0.25) is 15.9 Å². The molecule has 9 heteroatoms. The van der Waals surface area contributed by atoms with Gasteiger partial charge >= 0.3 is 0 Å². The molecule has 1 aromatic carbocycles. The number of nitrogens with one attached hydrogen (secondary N) is 2. The number of carbonyl (C=O) groups excluding carboxylic acids is 1. The number of benzene rings is 1. The molecule has 1 aromatic rings. The Morgan fingerprint density at radius 3 is 2.21 bits per heavy atom. The van der Waals surface area contributed by atoms with E-state index in [0.29, 0.717) is 19.4 Å². The van der Waals surface area contributed by atoms with Crippen molar-refractivity contribution in [3.8, 4) is 0 Å². The number of amides is 1. The van der Waals surface area contributed by atoms with E-state index in [0.717, 1.165) is 0 Å². The molecule has 0 saturated carbocycles. The summed E-state index contributed by atoms with van der Waals surface area (Å²) in [6.45, 7) is 4.15. The lowest BCUT2D eigenvalue weighted by Crippen LogP contribution is -2.53. The van der Waals surface area contributed by atoms with Crippen molar-refractivity contribution in [1.29, 1.82) is 0 Å². The third-order valence-corrected chi connectivity index (χ3v) is 6.40. The fourth-order valence-corrected chi connectivity index (χ4v) is 4.41. The SMILES string of the molecule is CCC(CC)(CN)NC(=O)CCNS(=O)(=O)c1c(Cl)cccc1Cl. The zero-order chi connectivity index (χ0) is 18.4. The maximum Gasteiger partial charge on any atom is 0.243 e. The van der Waals surface area contributed by atoms with Gasteiger partial charge < -0.3 is 11.1 Å². The molecular weight excluding hydrogens is 373 g/mol. The van der Waals surface area contributed by atoms with E-state index in [1.807, 2.05) is 13.8 Å². The molecule has 136 valence electrons. The Kier molecular flexibility index (Phi) is 7.95. The molecule has 0 bridgehead atoms. The van der Waals surface area contributed by atoms with Crippen LogP contribution in [-0.2, 0) is 14.8 Å². The van der Waals surface area contributed by atoms with Gasteiger partial charge in [-0.25, -0.2) is 13.1 Å². The Morgan fingerprint density at radius 1 is 1.21 bits per heavy atom. The van der Waals surface area contributed by atoms with E-state index in [1.54, 1.807) is 6.07 Å². The first-order chi connectivity index (χ1) is 11.2. The Bertz CT molecular complexity index is 648. The lowest BCUT2D eigenvalue weighted by atomic mass is 9.93. The summed E-state index contributed by atoms with van der Waals surface area (Å²) in [7, 11) is -3.90. The van der Waals surface area contributed by atoms with Crippen molar-refractivity contribution >= 4 is 39.1 Å². The molecule has 0 atom stereocenters. The molecular formula is C15H23Cl2N3O3S. The van der Waals surface area contributed by atoms with Gasteiger partial charge in [-0.1, -0.05) is 43.1 Å². The summed E-state index contributed by atoms with van der Waals surface area (Å²) in [4.78, 5) is 11.9. The molecule has 0 unspecified atom stereocenters. The average molecular weight is 396 g/mol. The van der Waals surface area contributed by atoms with Crippen molar-refractivity contribution in [2.45, 2.75) is 43.5 Å². The van der Waals surface area contributed by atoms with Crippen molar-refractivity contribution in [2.75, 3.05) is 13.1 Å². The van der Waals surface area contributed by atoms with Gasteiger partial charge in [-0.15, -0.1) is 0 Å². The first kappa shape index (κ1) is 21.2. The largest absolute Gasteiger partial charge is 0.349 e. The summed E-state index contributed by atoms with van der Waals surface area (Å²) in [6.07, 6.45) is 1.39. The van der Waals surface area contributed by atoms with Crippen LogP contribution in [-0.4, -0.2) is 33.0 Å². The fourth-order valence-electron chi connectivity index (χ4n) is 2.24. The molecule has 0 aliphatic rings. The lowest BCUT2D eigenvalue weighted by Gasteiger charge is -2.31. The molecule has 0 aliphatic heterocycles. The number of hydrogen-bond acceptors (Lipinski definition) is 4. The quantitative estimate of drug-likeness (QED) is 0.596. The van der Waals surface area contributed by atoms with Crippen LogP contribution in [0.4, 0.5) is 0 Å². The molecule has 0 spiro atoms. The Morgan fingerprint density at radius 2 is 1.75 bits per heavy atom. The minimum absolute atomic E-state index is 0.0109. The van der Waals surface area contributed by atoms with Crippen molar-refractivity contribution in [3.63, 3.8) is 0 Å².